The second kappa shape index (κ2) is 9.38. The maximum Gasteiger partial charge on any atom is 0.412 e. The predicted octanol–water partition coefficient (Wildman–Crippen LogP) is 4.28. The van der Waals surface area contributed by atoms with Crippen LogP contribution in [0.2, 0.25) is 5.04 Å². The Morgan fingerprint density at radius 1 is 0.938 bits per heavy atom. The topological polar surface area (TPSA) is 59.0 Å². The fraction of sp³-hybridized carbons (Fsp3) is 0.500. The molecular formula is C26H37NO4Si. The van der Waals surface area contributed by atoms with E-state index >= 15 is 0 Å². The number of likely N-dealkylation sites (tertiary alicyclic amines) is 1. The van der Waals surface area contributed by atoms with E-state index in [4.69, 9.17) is 9.16 Å². The minimum absolute atomic E-state index is 0.149. The highest BCUT2D eigenvalue weighted by Gasteiger charge is 2.51. The summed E-state index contributed by atoms with van der Waals surface area (Å²) in [6, 6.07) is 20.6. The van der Waals surface area contributed by atoms with Crippen molar-refractivity contribution in [1.82, 2.24) is 4.90 Å². The SMILES string of the molecule is CC(C)(C)OC(=O)N1C(O)CC[C@@H]1CO[Si](c1ccccc1)(c1ccccc1)C(C)(C)C. The Bertz CT molecular complexity index is 850. The summed E-state index contributed by atoms with van der Waals surface area (Å²) in [5.41, 5.74) is -0.622. The fourth-order valence-corrected chi connectivity index (χ4v) is 9.19. The van der Waals surface area contributed by atoms with Crippen molar-refractivity contribution in [3.63, 3.8) is 0 Å². The first-order valence-electron chi connectivity index (χ1n) is 11.4. The lowest BCUT2D eigenvalue weighted by atomic mass is 10.2. The lowest BCUT2D eigenvalue weighted by Crippen LogP contribution is -2.67. The number of nitrogens with zero attached hydrogens (tertiary/aromatic N) is 1. The standard InChI is InChI=1S/C26H37NO4Si/c1-25(2,3)31-24(29)27-20(17-18-23(27)28)19-30-32(26(4,5)6,21-13-9-7-10-14-21)22-15-11-8-12-16-22/h7-16,20,23,28H,17-19H2,1-6H3/t20-,23?/m1/s1. The van der Waals surface area contributed by atoms with Gasteiger partial charge in [0.2, 0.25) is 0 Å². The zero-order valence-corrected chi connectivity index (χ0v) is 21.2. The van der Waals surface area contributed by atoms with Gasteiger partial charge in [-0.05, 0) is 49.0 Å². The number of ether oxygens (including phenoxy) is 1. The molecule has 0 spiro atoms. The number of carbonyl (C=O) groups excluding carboxylic acids is 1. The lowest BCUT2D eigenvalue weighted by molar-refractivity contribution is -0.0294. The molecule has 1 heterocycles. The third kappa shape index (κ3) is 5.08. The summed E-state index contributed by atoms with van der Waals surface area (Å²) in [7, 11) is -2.71. The number of hydrogen-bond donors (Lipinski definition) is 1. The zero-order chi connectivity index (χ0) is 23.6. The highest BCUT2D eigenvalue weighted by atomic mass is 28.4. The molecule has 0 saturated carbocycles. The number of amides is 1. The average molecular weight is 456 g/mol. The lowest BCUT2D eigenvalue weighted by Gasteiger charge is -2.44. The van der Waals surface area contributed by atoms with Crippen molar-refractivity contribution in [2.75, 3.05) is 6.61 Å². The Morgan fingerprint density at radius 2 is 1.44 bits per heavy atom. The molecule has 174 valence electrons. The van der Waals surface area contributed by atoms with Crippen LogP contribution in [0.3, 0.4) is 0 Å². The molecule has 1 N–H and O–H groups in total. The summed E-state index contributed by atoms with van der Waals surface area (Å²) < 4.78 is 12.6. The van der Waals surface area contributed by atoms with Crippen LogP contribution >= 0.6 is 0 Å². The highest BCUT2D eigenvalue weighted by Crippen LogP contribution is 2.37. The van der Waals surface area contributed by atoms with Crippen molar-refractivity contribution in [2.45, 2.75) is 77.3 Å². The number of carbonyl (C=O) groups is 1. The molecule has 1 aliphatic heterocycles. The van der Waals surface area contributed by atoms with Gasteiger partial charge >= 0.3 is 6.09 Å². The van der Waals surface area contributed by atoms with Crippen LogP contribution in [-0.4, -0.2) is 48.9 Å². The molecule has 0 radical (unpaired) electrons. The van der Waals surface area contributed by atoms with Gasteiger partial charge in [-0.2, -0.15) is 0 Å². The van der Waals surface area contributed by atoms with E-state index in [0.29, 0.717) is 19.4 Å². The number of rotatable bonds is 5. The quantitative estimate of drug-likeness (QED) is 0.684. The van der Waals surface area contributed by atoms with Gasteiger partial charge in [0, 0.05) is 0 Å². The molecule has 2 aromatic carbocycles. The van der Waals surface area contributed by atoms with Crippen LogP contribution in [0.1, 0.15) is 54.4 Å². The summed E-state index contributed by atoms with van der Waals surface area (Å²) >= 11 is 0. The second-order valence-corrected chi connectivity index (χ2v) is 14.9. The summed E-state index contributed by atoms with van der Waals surface area (Å²) in [6.07, 6.45) is -0.136. The molecule has 1 aliphatic rings. The van der Waals surface area contributed by atoms with Crippen LogP contribution < -0.4 is 10.4 Å². The van der Waals surface area contributed by atoms with Gasteiger partial charge in [0.15, 0.2) is 0 Å². The van der Waals surface area contributed by atoms with Crippen molar-refractivity contribution >= 4 is 24.8 Å². The van der Waals surface area contributed by atoms with Gasteiger partial charge < -0.3 is 14.3 Å². The zero-order valence-electron chi connectivity index (χ0n) is 20.2. The summed E-state index contributed by atoms with van der Waals surface area (Å²) in [5.74, 6) is 0. The van der Waals surface area contributed by atoms with Crippen LogP contribution in [0.25, 0.3) is 0 Å². The largest absolute Gasteiger partial charge is 0.444 e. The minimum Gasteiger partial charge on any atom is -0.444 e. The molecule has 2 aromatic rings. The summed E-state index contributed by atoms with van der Waals surface area (Å²) in [6.45, 7) is 12.5. The monoisotopic (exact) mass is 455 g/mol. The minimum atomic E-state index is -2.71. The molecule has 5 nitrogen and oxygen atoms in total. The average Bonchev–Trinajstić information content (AvgIpc) is 3.08. The van der Waals surface area contributed by atoms with Crippen LogP contribution in [-0.2, 0) is 9.16 Å². The van der Waals surface area contributed by atoms with Crippen LogP contribution in [0.15, 0.2) is 60.7 Å². The Morgan fingerprint density at radius 3 is 1.88 bits per heavy atom. The molecule has 0 bridgehead atoms. The molecule has 6 heteroatoms. The molecule has 1 saturated heterocycles. The molecule has 2 atom stereocenters. The van der Waals surface area contributed by atoms with Crippen molar-refractivity contribution in [1.29, 1.82) is 0 Å². The van der Waals surface area contributed by atoms with Crippen molar-refractivity contribution in [2.24, 2.45) is 0 Å². The number of hydrogen-bond acceptors (Lipinski definition) is 4. The molecule has 32 heavy (non-hydrogen) atoms. The maximum absolute atomic E-state index is 12.8. The van der Waals surface area contributed by atoms with E-state index in [1.54, 1.807) is 0 Å². The first kappa shape index (κ1) is 24.5. The smallest absolute Gasteiger partial charge is 0.412 e. The van der Waals surface area contributed by atoms with Gasteiger partial charge in [0.1, 0.15) is 11.8 Å². The third-order valence-corrected chi connectivity index (χ3v) is 11.0. The molecular weight excluding hydrogens is 418 g/mol. The van der Waals surface area contributed by atoms with Gasteiger partial charge in [-0.25, -0.2) is 4.79 Å². The fourth-order valence-electron chi connectivity index (χ4n) is 4.59. The first-order chi connectivity index (χ1) is 15.0. The van der Waals surface area contributed by atoms with Crippen LogP contribution in [0.4, 0.5) is 4.79 Å². The van der Waals surface area contributed by atoms with Gasteiger partial charge in [0.25, 0.3) is 8.32 Å². The summed E-state index contributed by atoms with van der Waals surface area (Å²) in [4.78, 5) is 14.3. The summed E-state index contributed by atoms with van der Waals surface area (Å²) in [5, 5.41) is 12.8. The van der Waals surface area contributed by atoms with Crippen molar-refractivity contribution < 1.29 is 19.1 Å². The van der Waals surface area contributed by atoms with E-state index in [9.17, 15) is 9.90 Å². The van der Waals surface area contributed by atoms with E-state index < -0.39 is 26.2 Å². The van der Waals surface area contributed by atoms with E-state index in [0.717, 1.165) is 0 Å². The predicted molar refractivity (Wildman–Crippen MR) is 131 cm³/mol. The first-order valence-corrected chi connectivity index (χ1v) is 13.3. The number of aliphatic hydroxyl groups is 1. The molecule has 0 aromatic heterocycles. The van der Waals surface area contributed by atoms with Gasteiger partial charge in [0.05, 0.1) is 12.6 Å². The third-order valence-electron chi connectivity index (χ3n) is 5.99. The number of aliphatic hydroxyl groups excluding tert-OH is 1. The molecule has 3 rings (SSSR count). The maximum atomic E-state index is 12.8. The van der Waals surface area contributed by atoms with Gasteiger partial charge in [-0.1, -0.05) is 81.4 Å². The van der Waals surface area contributed by atoms with Gasteiger partial charge in [-0.3, -0.25) is 4.90 Å². The van der Waals surface area contributed by atoms with Crippen LogP contribution in [0, 0.1) is 0 Å². The van der Waals surface area contributed by atoms with E-state index in [1.165, 1.54) is 15.3 Å². The molecule has 1 fully saturated rings. The Labute approximate surface area is 193 Å². The van der Waals surface area contributed by atoms with E-state index in [1.807, 2.05) is 32.9 Å². The van der Waals surface area contributed by atoms with Crippen LogP contribution in [0.5, 0.6) is 0 Å². The Hall–Kier alpha value is -2.15. The Kier molecular flexibility index (Phi) is 7.17. The van der Waals surface area contributed by atoms with Gasteiger partial charge in [-0.15, -0.1) is 0 Å². The van der Waals surface area contributed by atoms with Crippen molar-refractivity contribution in [3.8, 4) is 0 Å². The van der Waals surface area contributed by atoms with E-state index in [2.05, 4.69) is 69.3 Å². The second-order valence-electron chi connectivity index (χ2n) is 10.6. The highest BCUT2D eigenvalue weighted by molar-refractivity contribution is 6.99. The normalized spacial score (nSPS) is 19.8. The van der Waals surface area contributed by atoms with Crippen molar-refractivity contribution in [3.05, 3.63) is 60.7 Å². The molecule has 1 unspecified atom stereocenters. The Balaban J connectivity index is 1.97. The molecule has 0 aliphatic carbocycles. The molecule has 1 amide bonds. The number of benzene rings is 2. The van der Waals surface area contributed by atoms with E-state index in [-0.39, 0.29) is 11.1 Å².